The average Bonchev–Trinajstić information content (AvgIpc) is 2.08. The Hall–Kier alpha value is 0.480. The lowest BCUT2D eigenvalue weighted by atomic mass is 10.1. The van der Waals surface area contributed by atoms with Crippen molar-refractivity contribution in [2.75, 3.05) is 12.4 Å². The fourth-order valence-corrected chi connectivity index (χ4v) is 1.09. The minimum Gasteiger partial charge on any atom is -0.388 e. The first-order valence-electron chi connectivity index (χ1n) is 3.63. The lowest BCUT2D eigenvalue weighted by Gasteiger charge is -2.04. The molecule has 0 atom stereocenters. The molecule has 0 saturated carbocycles. The molecule has 1 nitrogen and oxygen atoms in total. The fourth-order valence-electron chi connectivity index (χ4n) is 1.09. The van der Waals surface area contributed by atoms with Crippen LogP contribution in [-0.4, -0.2) is 7.05 Å². The monoisotopic (exact) mass is 389 g/mol. The number of rotatable bonds is 1. The Bertz CT molecular complexity index is 236. The maximum Gasteiger partial charge on any atom is 0.0367 e. The van der Waals surface area contributed by atoms with Crippen LogP contribution < -0.4 is 5.32 Å². The number of benzene rings is 1. The second-order valence-corrected chi connectivity index (χ2v) is 2.57. The molecule has 0 saturated heterocycles. The van der Waals surface area contributed by atoms with Crippen molar-refractivity contribution in [1.29, 1.82) is 0 Å². The number of anilines is 1. The summed E-state index contributed by atoms with van der Waals surface area (Å²) in [4.78, 5) is 0. The van der Waals surface area contributed by atoms with Crippen molar-refractivity contribution in [2.45, 2.75) is 13.8 Å². The Morgan fingerprint density at radius 2 is 1.75 bits per heavy atom. The third-order valence-electron chi connectivity index (χ3n) is 1.65. The molecule has 3 heteroatoms. The van der Waals surface area contributed by atoms with Gasteiger partial charge in [0.15, 0.2) is 0 Å². The number of hydrogen-bond donors (Lipinski definition) is 1. The van der Waals surface area contributed by atoms with Crippen LogP contribution in [0.4, 0.5) is 5.69 Å². The highest BCUT2D eigenvalue weighted by Gasteiger charge is 1.92. The molecule has 0 radical (unpaired) electrons. The van der Waals surface area contributed by atoms with Gasteiger partial charge in [-0.25, -0.2) is 0 Å². The summed E-state index contributed by atoms with van der Waals surface area (Å²) in [7, 11) is 1.94. The molecule has 1 rings (SSSR count). The van der Waals surface area contributed by atoms with E-state index in [1.807, 2.05) is 7.05 Å². The summed E-state index contributed by atoms with van der Waals surface area (Å²) >= 11 is 4.24. The van der Waals surface area contributed by atoms with Crippen molar-refractivity contribution in [2.24, 2.45) is 0 Å². The van der Waals surface area contributed by atoms with E-state index >= 15 is 0 Å². The van der Waals surface area contributed by atoms with Crippen molar-refractivity contribution in [3.05, 3.63) is 29.3 Å². The molecule has 1 N–H and O–H groups in total. The van der Waals surface area contributed by atoms with Crippen molar-refractivity contribution < 1.29 is 0 Å². The van der Waals surface area contributed by atoms with Gasteiger partial charge in [-0.3, -0.25) is 0 Å². The van der Waals surface area contributed by atoms with Crippen LogP contribution in [0.25, 0.3) is 0 Å². The molecule has 0 amide bonds. The van der Waals surface area contributed by atoms with Gasteiger partial charge >= 0.3 is 0 Å². The normalized spacial score (nSPS) is 8.42. The van der Waals surface area contributed by atoms with Crippen LogP contribution in [-0.2, 0) is 0 Å². The second kappa shape index (κ2) is 6.94. The third kappa shape index (κ3) is 3.93. The first-order valence-corrected chi connectivity index (χ1v) is 9.92. The molecule has 0 unspecified atom stereocenters. The number of nitrogens with one attached hydrogen (secondary N) is 1. The van der Waals surface area contributed by atoms with Crippen molar-refractivity contribution in [1.82, 2.24) is 0 Å². The summed E-state index contributed by atoms with van der Waals surface area (Å²) in [6, 6.07) is 6.38. The SMILES string of the molecule is CNc1ccc(C)cc1C.II. The minimum absolute atomic E-state index is 1.21. The van der Waals surface area contributed by atoms with E-state index in [0.29, 0.717) is 0 Å². The summed E-state index contributed by atoms with van der Waals surface area (Å²) in [5.74, 6) is 0. The Kier molecular flexibility index (Phi) is 7.22. The summed E-state index contributed by atoms with van der Waals surface area (Å²) < 4.78 is 0. The smallest absolute Gasteiger partial charge is 0.0367 e. The number of aryl methyl sites for hydroxylation is 2. The number of halogens is 2. The zero-order chi connectivity index (χ0) is 9.56. The van der Waals surface area contributed by atoms with Crippen LogP contribution in [0, 0.1) is 13.8 Å². The second-order valence-electron chi connectivity index (χ2n) is 2.57. The van der Waals surface area contributed by atoms with Gasteiger partial charge in [0.1, 0.15) is 0 Å². The largest absolute Gasteiger partial charge is 0.388 e. The van der Waals surface area contributed by atoms with Crippen LogP contribution in [0.5, 0.6) is 0 Å². The van der Waals surface area contributed by atoms with Gasteiger partial charge in [-0.2, -0.15) is 0 Å². The predicted molar refractivity (Wildman–Crippen MR) is 73.5 cm³/mol. The van der Waals surface area contributed by atoms with E-state index in [-0.39, 0.29) is 0 Å². The van der Waals surface area contributed by atoms with Crippen LogP contribution in [0.2, 0.25) is 0 Å². The van der Waals surface area contributed by atoms with Gasteiger partial charge < -0.3 is 5.32 Å². The van der Waals surface area contributed by atoms with E-state index in [1.54, 1.807) is 0 Å². The van der Waals surface area contributed by atoms with Crippen LogP contribution >= 0.6 is 37.2 Å². The molecule has 0 bridgehead atoms. The molecule has 0 heterocycles. The quantitative estimate of drug-likeness (QED) is 0.713. The molecular formula is C9H13I2N. The van der Waals surface area contributed by atoms with Crippen molar-refractivity contribution >= 4 is 42.9 Å². The molecule has 1 aromatic rings. The maximum atomic E-state index is 3.12. The topological polar surface area (TPSA) is 12.0 Å². The average molecular weight is 389 g/mol. The van der Waals surface area contributed by atoms with E-state index in [9.17, 15) is 0 Å². The molecular weight excluding hydrogens is 376 g/mol. The standard InChI is InChI=1S/C9H13N.I2/c1-7-4-5-9(10-3)8(2)6-7;1-2/h4-6,10H,1-3H3;. The van der Waals surface area contributed by atoms with Gasteiger partial charge in [0.05, 0.1) is 0 Å². The molecule has 68 valence electrons. The Balaban J connectivity index is 0.000000561. The molecule has 0 fully saturated rings. The zero-order valence-corrected chi connectivity index (χ0v) is 11.8. The van der Waals surface area contributed by atoms with Crippen molar-refractivity contribution in [3.8, 4) is 0 Å². The summed E-state index contributed by atoms with van der Waals surface area (Å²) in [6.07, 6.45) is 0. The molecule has 0 spiro atoms. The predicted octanol–water partition coefficient (Wildman–Crippen LogP) is 4.12. The third-order valence-corrected chi connectivity index (χ3v) is 1.65. The van der Waals surface area contributed by atoms with Crippen LogP contribution in [0.15, 0.2) is 18.2 Å². The van der Waals surface area contributed by atoms with E-state index in [1.165, 1.54) is 16.8 Å². The van der Waals surface area contributed by atoms with E-state index in [4.69, 9.17) is 0 Å². The van der Waals surface area contributed by atoms with Crippen LogP contribution in [0.3, 0.4) is 0 Å². The Labute approximate surface area is 97.6 Å². The molecule has 0 aliphatic rings. The maximum absolute atomic E-state index is 3.12. The molecule has 0 aromatic heterocycles. The highest BCUT2D eigenvalue weighted by atomic mass is 128. The molecule has 12 heavy (non-hydrogen) atoms. The van der Waals surface area contributed by atoms with Crippen molar-refractivity contribution in [3.63, 3.8) is 0 Å². The minimum atomic E-state index is 1.21. The fraction of sp³-hybridized carbons (Fsp3) is 0.333. The lowest BCUT2D eigenvalue weighted by molar-refractivity contribution is 1.35. The van der Waals surface area contributed by atoms with Gasteiger partial charge in [-0.05, 0) is 25.5 Å². The van der Waals surface area contributed by atoms with Gasteiger partial charge in [-0.1, -0.05) is 17.7 Å². The van der Waals surface area contributed by atoms with Crippen LogP contribution in [0.1, 0.15) is 11.1 Å². The molecule has 1 aromatic carbocycles. The highest BCUT2D eigenvalue weighted by molar-refractivity contribution is 15.0. The van der Waals surface area contributed by atoms with Gasteiger partial charge in [0, 0.05) is 50.0 Å². The Morgan fingerprint density at radius 1 is 1.17 bits per heavy atom. The van der Waals surface area contributed by atoms with E-state index in [0.717, 1.165) is 0 Å². The van der Waals surface area contributed by atoms with E-state index in [2.05, 4.69) is 74.6 Å². The highest BCUT2D eigenvalue weighted by Crippen LogP contribution is 2.14. The Morgan fingerprint density at radius 3 is 2.17 bits per heavy atom. The first kappa shape index (κ1) is 12.5. The van der Waals surface area contributed by atoms with E-state index < -0.39 is 0 Å². The molecule has 0 aliphatic heterocycles. The summed E-state index contributed by atoms with van der Waals surface area (Å²) in [5, 5.41) is 3.12. The van der Waals surface area contributed by atoms with Gasteiger partial charge in [0.2, 0.25) is 0 Å². The zero-order valence-electron chi connectivity index (χ0n) is 7.49. The van der Waals surface area contributed by atoms with Gasteiger partial charge in [-0.15, -0.1) is 0 Å². The summed E-state index contributed by atoms with van der Waals surface area (Å²) in [5.41, 5.74) is 3.84. The molecule has 0 aliphatic carbocycles. The first-order chi connectivity index (χ1) is 5.74. The summed E-state index contributed by atoms with van der Waals surface area (Å²) in [6.45, 7) is 4.21. The van der Waals surface area contributed by atoms with Gasteiger partial charge in [0.25, 0.3) is 0 Å². The lowest BCUT2D eigenvalue weighted by Crippen LogP contribution is -1.90. The number of hydrogen-bond acceptors (Lipinski definition) is 1.